The molecule has 0 saturated carbocycles. The highest BCUT2D eigenvalue weighted by atomic mass is 16.4. The fourth-order valence-electron chi connectivity index (χ4n) is 2.09. The Labute approximate surface area is 157 Å². The smallest absolute Gasteiger partial charge is 0.303 e. The number of aliphatic hydroxyl groups is 2. The van der Waals surface area contributed by atoms with Crippen molar-refractivity contribution in [2.75, 3.05) is 0 Å². The molecule has 0 aliphatic carbocycles. The van der Waals surface area contributed by atoms with Crippen molar-refractivity contribution in [1.82, 2.24) is 0 Å². The lowest BCUT2D eigenvalue weighted by molar-refractivity contribution is -0.136. The van der Waals surface area contributed by atoms with Gasteiger partial charge in [0.05, 0.1) is 12.2 Å². The van der Waals surface area contributed by atoms with Crippen LogP contribution >= 0.6 is 0 Å². The lowest BCUT2D eigenvalue weighted by atomic mass is 10.1. The van der Waals surface area contributed by atoms with Gasteiger partial charge in [0, 0.05) is 6.42 Å². The van der Waals surface area contributed by atoms with Crippen LogP contribution in [0.4, 0.5) is 0 Å². The van der Waals surface area contributed by atoms with E-state index in [1.807, 2.05) is 48.6 Å². The fraction of sp³-hybridized carbons (Fsp3) is 0.500. The van der Waals surface area contributed by atoms with Crippen LogP contribution in [0.3, 0.4) is 0 Å². The molecule has 0 bridgehead atoms. The second-order valence-electron chi connectivity index (χ2n) is 6.01. The highest BCUT2D eigenvalue weighted by Gasteiger charge is 2.12. The quantitative estimate of drug-likeness (QED) is 0.369. The van der Waals surface area contributed by atoms with Gasteiger partial charge in [0.15, 0.2) is 0 Å². The lowest BCUT2D eigenvalue weighted by Crippen LogP contribution is -2.24. The summed E-state index contributed by atoms with van der Waals surface area (Å²) < 4.78 is 0. The number of hydrogen-bond acceptors (Lipinski definition) is 3. The zero-order chi connectivity index (χ0) is 19.5. The molecule has 0 amide bonds. The molecule has 3 N–H and O–H groups in total. The van der Waals surface area contributed by atoms with Crippen molar-refractivity contribution in [3.63, 3.8) is 0 Å². The lowest BCUT2D eigenvalue weighted by Gasteiger charge is -2.14. The molecule has 0 aromatic rings. The van der Waals surface area contributed by atoms with Gasteiger partial charge < -0.3 is 15.3 Å². The molecule has 0 radical (unpaired) electrons. The van der Waals surface area contributed by atoms with Gasteiger partial charge in [0.25, 0.3) is 0 Å². The molecule has 0 aliphatic heterocycles. The molecule has 0 rings (SSSR count). The van der Waals surface area contributed by atoms with Crippen LogP contribution in [-0.2, 0) is 4.79 Å². The van der Waals surface area contributed by atoms with Crippen molar-refractivity contribution in [2.24, 2.45) is 0 Å². The van der Waals surface area contributed by atoms with E-state index in [0.717, 1.165) is 25.7 Å². The summed E-state index contributed by atoms with van der Waals surface area (Å²) in [7, 11) is 0. The molecule has 4 nitrogen and oxygen atoms in total. The maximum absolute atomic E-state index is 10.3. The van der Waals surface area contributed by atoms with Crippen LogP contribution in [0.15, 0.2) is 60.8 Å². The predicted molar refractivity (Wildman–Crippen MR) is 108 cm³/mol. The van der Waals surface area contributed by atoms with Gasteiger partial charge in [-0.05, 0) is 44.9 Å². The van der Waals surface area contributed by atoms with Crippen molar-refractivity contribution in [3.8, 4) is 0 Å². The highest BCUT2D eigenvalue weighted by Crippen LogP contribution is 2.06. The van der Waals surface area contributed by atoms with E-state index in [0.29, 0.717) is 19.3 Å². The summed E-state index contributed by atoms with van der Waals surface area (Å²) in [5.74, 6) is -0.775. The van der Waals surface area contributed by atoms with E-state index in [1.54, 1.807) is 0 Å². The van der Waals surface area contributed by atoms with E-state index in [-0.39, 0.29) is 6.42 Å². The van der Waals surface area contributed by atoms with Crippen LogP contribution in [0.2, 0.25) is 0 Å². The number of hydrogen-bond donors (Lipinski definition) is 3. The molecular weight excluding hydrogens is 328 g/mol. The fourth-order valence-corrected chi connectivity index (χ4v) is 2.09. The van der Waals surface area contributed by atoms with Gasteiger partial charge >= 0.3 is 5.97 Å². The van der Waals surface area contributed by atoms with Gasteiger partial charge in [-0.3, -0.25) is 4.79 Å². The number of carboxylic acids is 1. The van der Waals surface area contributed by atoms with Gasteiger partial charge in [-0.2, -0.15) is 0 Å². The monoisotopic (exact) mass is 362 g/mol. The maximum atomic E-state index is 10.3. The van der Waals surface area contributed by atoms with Gasteiger partial charge in [-0.1, -0.05) is 67.7 Å². The number of aliphatic carboxylic acids is 1. The summed E-state index contributed by atoms with van der Waals surface area (Å²) in [5.41, 5.74) is 0. The molecule has 26 heavy (non-hydrogen) atoms. The van der Waals surface area contributed by atoms with E-state index < -0.39 is 18.2 Å². The van der Waals surface area contributed by atoms with Crippen LogP contribution in [0.5, 0.6) is 0 Å². The van der Waals surface area contributed by atoms with E-state index in [2.05, 4.69) is 19.1 Å². The van der Waals surface area contributed by atoms with Crippen LogP contribution < -0.4 is 0 Å². The Bertz CT molecular complexity index is 486. The first-order valence-corrected chi connectivity index (χ1v) is 9.40. The largest absolute Gasteiger partial charge is 0.481 e. The summed E-state index contributed by atoms with van der Waals surface area (Å²) >= 11 is 0. The second-order valence-corrected chi connectivity index (χ2v) is 6.01. The van der Waals surface area contributed by atoms with Crippen molar-refractivity contribution >= 4 is 5.97 Å². The third-order valence-corrected chi connectivity index (χ3v) is 3.61. The van der Waals surface area contributed by atoms with Gasteiger partial charge in [0.1, 0.15) is 0 Å². The minimum absolute atomic E-state index is 0.169. The molecule has 0 aliphatic rings. The molecule has 2 atom stereocenters. The summed E-state index contributed by atoms with van der Waals surface area (Å²) in [4.78, 5) is 10.3. The summed E-state index contributed by atoms with van der Waals surface area (Å²) in [6, 6.07) is 0. The first-order chi connectivity index (χ1) is 12.6. The van der Waals surface area contributed by atoms with Crippen molar-refractivity contribution < 1.29 is 20.1 Å². The van der Waals surface area contributed by atoms with Crippen molar-refractivity contribution in [3.05, 3.63) is 60.8 Å². The molecule has 0 spiro atoms. The van der Waals surface area contributed by atoms with Crippen molar-refractivity contribution in [1.29, 1.82) is 0 Å². The average Bonchev–Trinajstić information content (AvgIpc) is 2.61. The van der Waals surface area contributed by atoms with Gasteiger partial charge in [-0.15, -0.1) is 0 Å². The first kappa shape index (κ1) is 24.1. The Hall–Kier alpha value is -1.91. The molecule has 0 fully saturated rings. The van der Waals surface area contributed by atoms with Crippen LogP contribution in [0, 0.1) is 0 Å². The minimum Gasteiger partial charge on any atom is -0.481 e. The number of rotatable bonds is 15. The molecule has 0 saturated heterocycles. The third-order valence-electron chi connectivity index (χ3n) is 3.61. The number of carboxylic acid groups (broad SMARTS) is 1. The minimum atomic E-state index is -0.775. The van der Waals surface area contributed by atoms with E-state index in [4.69, 9.17) is 5.11 Å². The van der Waals surface area contributed by atoms with Crippen LogP contribution in [0.1, 0.15) is 58.3 Å². The number of allylic oxidation sites excluding steroid dienone is 8. The molecule has 0 aromatic heterocycles. The normalized spacial score (nSPS) is 15.2. The number of carbonyl (C=O) groups is 1. The van der Waals surface area contributed by atoms with E-state index in [1.165, 1.54) is 0 Å². The Balaban J connectivity index is 3.77. The van der Waals surface area contributed by atoms with Gasteiger partial charge in [-0.25, -0.2) is 0 Å². The van der Waals surface area contributed by atoms with E-state index in [9.17, 15) is 15.0 Å². The van der Waals surface area contributed by atoms with Crippen LogP contribution in [-0.4, -0.2) is 33.5 Å². The molecule has 0 aromatic carbocycles. The third kappa shape index (κ3) is 16.9. The Morgan fingerprint density at radius 2 is 1.15 bits per heavy atom. The Morgan fingerprint density at radius 1 is 0.731 bits per heavy atom. The highest BCUT2D eigenvalue weighted by molar-refractivity contribution is 5.66. The zero-order valence-electron chi connectivity index (χ0n) is 15.8. The van der Waals surface area contributed by atoms with E-state index >= 15 is 0 Å². The van der Waals surface area contributed by atoms with Gasteiger partial charge in [0.2, 0.25) is 0 Å². The summed E-state index contributed by atoms with van der Waals surface area (Å²) in [6.07, 6.45) is 23.4. The molecular formula is C22H34O4. The Morgan fingerprint density at radius 3 is 1.62 bits per heavy atom. The Kier molecular flexibility index (Phi) is 16.6. The first-order valence-electron chi connectivity index (χ1n) is 9.40. The zero-order valence-corrected chi connectivity index (χ0v) is 15.8. The topological polar surface area (TPSA) is 77.8 Å². The van der Waals surface area contributed by atoms with Crippen LogP contribution in [0.25, 0.3) is 0 Å². The average molecular weight is 363 g/mol. The second kappa shape index (κ2) is 17.9. The summed E-state index contributed by atoms with van der Waals surface area (Å²) in [5, 5.41) is 28.3. The SMILES string of the molecule is CCC=CCC=CCC(O)C(O)CC=CCC=CCC=CCCC(=O)O. The predicted octanol–water partition coefficient (Wildman–Crippen LogP) is 4.71. The molecule has 0 heterocycles. The number of aliphatic hydroxyl groups excluding tert-OH is 2. The molecule has 2 unspecified atom stereocenters. The summed E-state index contributed by atoms with van der Waals surface area (Å²) in [6.45, 7) is 2.09. The maximum Gasteiger partial charge on any atom is 0.303 e. The standard InChI is InChI=1S/C22H34O4/c1-2-3-4-5-11-14-17-20(23)21(24)18-15-12-9-7-6-8-10-13-16-19-22(25)26/h3-4,6-7,10-15,20-21,23-24H,2,5,8-9,16-19H2,1H3,(H,25,26). The molecule has 4 heteroatoms. The van der Waals surface area contributed by atoms with Crippen molar-refractivity contribution in [2.45, 2.75) is 70.5 Å². The molecule has 146 valence electrons.